The maximum absolute atomic E-state index is 13.0. The summed E-state index contributed by atoms with van der Waals surface area (Å²) in [4.78, 5) is 28.6. The fourth-order valence-electron chi connectivity index (χ4n) is 4.33. The number of hydrogen-bond acceptors (Lipinski definition) is 5. The Morgan fingerprint density at radius 2 is 1.72 bits per heavy atom. The first kappa shape index (κ1) is 19.8. The second-order valence-electron chi connectivity index (χ2n) is 8.09. The number of rotatable bonds is 5. The van der Waals surface area contributed by atoms with Gasteiger partial charge in [-0.15, -0.1) is 0 Å². The lowest BCUT2D eigenvalue weighted by Crippen LogP contribution is -2.47. The van der Waals surface area contributed by atoms with Gasteiger partial charge in [0, 0.05) is 45.5 Å². The minimum Gasteiger partial charge on any atom is -0.338 e. The van der Waals surface area contributed by atoms with E-state index in [0.29, 0.717) is 17.6 Å². The van der Waals surface area contributed by atoms with E-state index in [2.05, 4.69) is 57.0 Å². The highest BCUT2D eigenvalue weighted by Crippen LogP contribution is 2.23. The largest absolute Gasteiger partial charge is 0.338 e. The van der Waals surface area contributed by atoms with E-state index in [1.807, 2.05) is 4.90 Å². The molecule has 1 aromatic carbocycles. The Morgan fingerprint density at radius 1 is 1.00 bits per heavy atom. The van der Waals surface area contributed by atoms with Gasteiger partial charge in [0.25, 0.3) is 5.91 Å². The number of amides is 1. The maximum atomic E-state index is 13.0. The summed E-state index contributed by atoms with van der Waals surface area (Å²) in [5.74, 6) is 1.38. The predicted molar refractivity (Wildman–Crippen MR) is 115 cm³/mol. The lowest BCUT2D eigenvalue weighted by Gasteiger charge is -2.34. The van der Waals surface area contributed by atoms with Crippen LogP contribution in [0.1, 0.15) is 35.8 Å². The number of piperazine rings is 1. The summed E-state index contributed by atoms with van der Waals surface area (Å²) in [6, 6.07) is 12.4. The molecule has 0 bridgehead atoms. The number of anilines is 1. The van der Waals surface area contributed by atoms with Crippen molar-refractivity contribution < 1.29 is 4.79 Å². The van der Waals surface area contributed by atoms with E-state index in [4.69, 9.17) is 0 Å². The summed E-state index contributed by atoms with van der Waals surface area (Å²) in [6.07, 6.45) is 4.93. The lowest BCUT2D eigenvalue weighted by molar-refractivity contribution is 0.0684. The van der Waals surface area contributed by atoms with Crippen molar-refractivity contribution in [3.8, 4) is 0 Å². The molecule has 0 atom stereocenters. The number of piperidine rings is 1. The van der Waals surface area contributed by atoms with Crippen molar-refractivity contribution in [2.75, 3.05) is 50.7 Å². The van der Waals surface area contributed by atoms with E-state index in [9.17, 15) is 4.79 Å². The van der Waals surface area contributed by atoms with Gasteiger partial charge in [-0.25, -0.2) is 9.97 Å². The number of carbonyl (C=O) groups excluding carboxylic acids is 1. The number of nitrogens with zero attached hydrogens (tertiary/aromatic N) is 5. The summed E-state index contributed by atoms with van der Waals surface area (Å²) < 4.78 is 0. The zero-order valence-corrected chi connectivity index (χ0v) is 17.3. The van der Waals surface area contributed by atoms with Crippen molar-refractivity contribution in [2.24, 2.45) is 5.92 Å². The van der Waals surface area contributed by atoms with Crippen molar-refractivity contribution in [3.05, 3.63) is 53.9 Å². The van der Waals surface area contributed by atoms with Crippen molar-refractivity contribution in [1.29, 1.82) is 0 Å². The summed E-state index contributed by atoms with van der Waals surface area (Å²) in [5, 5.41) is 0. The van der Waals surface area contributed by atoms with Crippen LogP contribution < -0.4 is 4.90 Å². The molecular weight excluding hydrogens is 362 g/mol. The molecule has 0 spiro atoms. The van der Waals surface area contributed by atoms with Gasteiger partial charge >= 0.3 is 0 Å². The van der Waals surface area contributed by atoms with E-state index < -0.39 is 0 Å². The van der Waals surface area contributed by atoms with Crippen LogP contribution >= 0.6 is 0 Å². The monoisotopic (exact) mass is 393 g/mol. The third-order valence-corrected chi connectivity index (χ3v) is 6.23. The average molecular weight is 394 g/mol. The van der Waals surface area contributed by atoms with Crippen LogP contribution in [0, 0.1) is 5.92 Å². The number of benzene rings is 1. The van der Waals surface area contributed by atoms with E-state index in [1.165, 1.54) is 5.56 Å². The molecule has 2 aliphatic heterocycles. The molecule has 0 radical (unpaired) electrons. The first-order valence-corrected chi connectivity index (χ1v) is 10.9. The standard InChI is InChI=1S/C23H31N5O/c1-2-26-14-16-28(17-15-26)23-24-11-8-21(25-23)22(29)27-12-9-20(10-13-27)18-19-6-4-3-5-7-19/h3-8,11,20H,2,9-10,12-18H2,1H3. The Kier molecular flexibility index (Phi) is 6.39. The summed E-state index contributed by atoms with van der Waals surface area (Å²) in [6.45, 7) is 8.75. The van der Waals surface area contributed by atoms with Crippen LogP contribution in [0.4, 0.5) is 5.95 Å². The van der Waals surface area contributed by atoms with E-state index in [-0.39, 0.29) is 5.91 Å². The Bertz CT molecular complexity index is 796. The van der Waals surface area contributed by atoms with E-state index in [1.54, 1.807) is 12.3 Å². The van der Waals surface area contributed by atoms with Gasteiger partial charge in [0.05, 0.1) is 0 Å². The van der Waals surface area contributed by atoms with Gasteiger partial charge < -0.3 is 14.7 Å². The van der Waals surface area contributed by atoms with Crippen LogP contribution in [-0.4, -0.2) is 71.5 Å². The highest BCUT2D eigenvalue weighted by molar-refractivity contribution is 5.92. The Morgan fingerprint density at radius 3 is 2.41 bits per heavy atom. The van der Waals surface area contributed by atoms with Crippen LogP contribution in [0.5, 0.6) is 0 Å². The van der Waals surface area contributed by atoms with Gasteiger partial charge in [-0.2, -0.15) is 0 Å². The lowest BCUT2D eigenvalue weighted by atomic mass is 9.90. The van der Waals surface area contributed by atoms with Crippen LogP contribution in [0.15, 0.2) is 42.6 Å². The Hall–Kier alpha value is -2.47. The second kappa shape index (κ2) is 9.35. The molecule has 2 saturated heterocycles. The smallest absolute Gasteiger partial charge is 0.272 e. The summed E-state index contributed by atoms with van der Waals surface area (Å²) >= 11 is 0. The molecule has 29 heavy (non-hydrogen) atoms. The molecular formula is C23H31N5O. The molecule has 2 fully saturated rings. The average Bonchev–Trinajstić information content (AvgIpc) is 2.80. The molecule has 154 valence electrons. The normalized spacial score (nSPS) is 18.8. The minimum absolute atomic E-state index is 0.0407. The predicted octanol–water partition coefficient (Wildman–Crippen LogP) is 2.71. The number of likely N-dealkylation sites (N-methyl/N-ethyl adjacent to an activating group) is 1. The molecule has 2 aromatic rings. The second-order valence-corrected chi connectivity index (χ2v) is 8.09. The fourth-order valence-corrected chi connectivity index (χ4v) is 4.33. The SMILES string of the molecule is CCN1CCN(c2nccc(C(=O)N3CCC(Cc4ccccc4)CC3)n2)CC1. The number of hydrogen-bond donors (Lipinski definition) is 0. The minimum atomic E-state index is 0.0407. The fraction of sp³-hybridized carbons (Fsp3) is 0.522. The van der Waals surface area contributed by atoms with Crippen LogP contribution in [0.2, 0.25) is 0 Å². The molecule has 4 rings (SSSR count). The van der Waals surface area contributed by atoms with E-state index >= 15 is 0 Å². The van der Waals surface area contributed by atoms with E-state index in [0.717, 1.165) is 65.1 Å². The third-order valence-electron chi connectivity index (χ3n) is 6.23. The molecule has 0 aliphatic carbocycles. The van der Waals surface area contributed by atoms with Crippen molar-refractivity contribution in [1.82, 2.24) is 19.8 Å². The molecule has 2 aliphatic rings. The van der Waals surface area contributed by atoms with Gasteiger partial charge in [0.2, 0.25) is 5.95 Å². The quantitative estimate of drug-likeness (QED) is 0.782. The van der Waals surface area contributed by atoms with Gasteiger partial charge in [-0.05, 0) is 43.4 Å². The number of carbonyl (C=O) groups is 1. The zero-order valence-electron chi connectivity index (χ0n) is 17.3. The molecule has 0 N–H and O–H groups in total. The highest BCUT2D eigenvalue weighted by Gasteiger charge is 2.25. The van der Waals surface area contributed by atoms with Gasteiger partial charge in [0.1, 0.15) is 5.69 Å². The molecule has 6 heteroatoms. The molecule has 6 nitrogen and oxygen atoms in total. The molecule has 1 aromatic heterocycles. The van der Waals surface area contributed by atoms with Crippen molar-refractivity contribution in [3.63, 3.8) is 0 Å². The molecule has 3 heterocycles. The molecule has 0 saturated carbocycles. The first-order valence-electron chi connectivity index (χ1n) is 10.9. The third kappa shape index (κ3) is 4.93. The zero-order chi connectivity index (χ0) is 20.1. The van der Waals surface area contributed by atoms with Gasteiger partial charge in [-0.1, -0.05) is 37.3 Å². The summed E-state index contributed by atoms with van der Waals surface area (Å²) in [7, 11) is 0. The van der Waals surface area contributed by atoms with Gasteiger partial charge in [-0.3, -0.25) is 4.79 Å². The number of aromatic nitrogens is 2. The number of likely N-dealkylation sites (tertiary alicyclic amines) is 1. The van der Waals surface area contributed by atoms with Crippen LogP contribution in [-0.2, 0) is 6.42 Å². The van der Waals surface area contributed by atoms with Gasteiger partial charge in [0.15, 0.2) is 0 Å². The van der Waals surface area contributed by atoms with Crippen molar-refractivity contribution >= 4 is 11.9 Å². The first-order chi connectivity index (χ1) is 14.2. The highest BCUT2D eigenvalue weighted by atomic mass is 16.2. The summed E-state index contributed by atoms with van der Waals surface area (Å²) in [5.41, 5.74) is 1.91. The van der Waals surface area contributed by atoms with Crippen molar-refractivity contribution in [2.45, 2.75) is 26.2 Å². The molecule has 0 unspecified atom stereocenters. The van der Waals surface area contributed by atoms with Crippen LogP contribution in [0.25, 0.3) is 0 Å². The Balaban J connectivity index is 1.33. The Labute approximate surface area is 173 Å². The molecule has 1 amide bonds. The topological polar surface area (TPSA) is 52.6 Å². The van der Waals surface area contributed by atoms with Crippen LogP contribution in [0.3, 0.4) is 0 Å². The maximum Gasteiger partial charge on any atom is 0.272 e.